The van der Waals surface area contributed by atoms with Gasteiger partial charge in [0, 0.05) is 34.1 Å². The highest BCUT2D eigenvalue weighted by molar-refractivity contribution is 7.15. The Labute approximate surface area is 179 Å². The van der Waals surface area contributed by atoms with Crippen LogP contribution >= 0.6 is 22.9 Å². The minimum Gasteiger partial charge on any atom is -0.494 e. The van der Waals surface area contributed by atoms with Gasteiger partial charge in [-0.2, -0.15) is 0 Å². The molecule has 0 saturated carbocycles. The van der Waals surface area contributed by atoms with Crippen molar-refractivity contribution in [1.29, 1.82) is 0 Å². The van der Waals surface area contributed by atoms with Crippen molar-refractivity contribution >= 4 is 34.7 Å². The van der Waals surface area contributed by atoms with Crippen LogP contribution in [0.2, 0.25) is 5.02 Å². The Morgan fingerprint density at radius 1 is 1.28 bits per heavy atom. The van der Waals surface area contributed by atoms with Gasteiger partial charge in [-0.15, -0.1) is 11.3 Å². The summed E-state index contributed by atoms with van der Waals surface area (Å²) in [6.07, 6.45) is 0.755. The van der Waals surface area contributed by atoms with Gasteiger partial charge < -0.3 is 15.0 Å². The van der Waals surface area contributed by atoms with Crippen LogP contribution in [0, 0.1) is 6.92 Å². The number of thiazole rings is 1. The van der Waals surface area contributed by atoms with E-state index in [1.165, 1.54) is 0 Å². The number of nitrogens with one attached hydrogen (secondary N) is 1. The molecule has 0 spiro atoms. The number of nitrogens with zero attached hydrogens (tertiary/aromatic N) is 2. The van der Waals surface area contributed by atoms with Crippen molar-refractivity contribution in [3.8, 4) is 16.3 Å². The van der Waals surface area contributed by atoms with Crippen LogP contribution in [0.15, 0.2) is 42.5 Å². The van der Waals surface area contributed by atoms with Crippen LogP contribution in [0.3, 0.4) is 0 Å². The third-order valence-electron chi connectivity index (χ3n) is 4.87. The number of carbonyl (C=O) groups excluding carboxylic acids is 1. The van der Waals surface area contributed by atoms with Gasteiger partial charge in [0.1, 0.15) is 10.8 Å². The predicted octanol–water partition coefficient (Wildman–Crippen LogP) is 5.76. The summed E-state index contributed by atoms with van der Waals surface area (Å²) in [7, 11) is 0. The Balaban J connectivity index is 1.47. The van der Waals surface area contributed by atoms with E-state index in [0.717, 1.165) is 44.6 Å². The number of rotatable bonds is 4. The maximum absolute atomic E-state index is 12.8. The van der Waals surface area contributed by atoms with Gasteiger partial charge in [-0.3, -0.25) is 0 Å². The van der Waals surface area contributed by atoms with Gasteiger partial charge in [0.2, 0.25) is 0 Å². The molecule has 1 aliphatic heterocycles. The normalized spacial score (nSPS) is 13.1. The largest absolute Gasteiger partial charge is 0.494 e. The Bertz CT molecular complexity index is 1030. The van der Waals surface area contributed by atoms with Gasteiger partial charge in [-0.05, 0) is 55.8 Å². The van der Waals surface area contributed by atoms with Crippen molar-refractivity contribution in [2.45, 2.75) is 26.8 Å². The lowest BCUT2D eigenvalue weighted by molar-refractivity contribution is 0.207. The Morgan fingerprint density at radius 2 is 2.07 bits per heavy atom. The first-order chi connectivity index (χ1) is 14.0. The van der Waals surface area contributed by atoms with Crippen LogP contribution in [0.4, 0.5) is 10.5 Å². The highest BCUT2D eigenvalue weighted by Crippen LogP contribution is 2.33. The first kappa shape index (κ1) is 19.7. The van der Waals surface area contributed by atoms with Crippen LogP contribution in [-0.4, -0.2) is 29.1 Å². The lowest BCUT2D eigenvalue weighted by Crippen LogP contribution is -2.38. The topological polar surface area (TPSA) is 54.5 Å². The van der Waals surface area contributed by atoms with Gasteiger partial charge in [0.05, 0.1) is 18.8 Å². The molecular formula is C22H22ClN3O2S. The average Bonchev–Trinajstić information content (AvgIpc) is 3.15. The van der Waals surface area contributed by atoms with E-state index in [4.69, 9.17) is 21.3 Å². The number of hydrogen-bond acceptors (Lipinski definition) is 4. The average molecular weight is 428 g/mol. The number of aryl methyl sites for hydroxylation is 1. The van der Waals surface area contributed by atoms with E-state index < -0.39 is 0 Å². The van der Waals surface area contributed by atoms with Gasteiger partial charge in [-0.1, -0.05) is 17.7 Å². The zero-order valence-corrected chi connectivity index (χ0v) is 17.9. The molecule has 2 heterocycles. The van der Waals surface area contributed by atoms with Crippen LogP contribution in [0.25, 0.3) is 10.6 Å². The quantitative estimate of drug-likeness (QED) is 0.575. The third-order valence-corrected chi connectivity index (χ3v) is 6.24. The van der Waals surface area contributed by atoms with Crippen molar-refractivity contribution in [3.05, 3.63) is 63.6 Å². The summed E-state index contributed by atoms with van der Waals surface area (Å²) >= 11 is 7.71. The number of hydrogen-bond donors (Lipinski definition) is 1. The highest BCUT2D eigenvalue weighted by Gasteiger charge is 2.25. The van der Waals surface area contributed by atoms with Gasteiger partial charge in [0.15, 0.2) is 0 Å². The van der Waals surface area contributed by atoms with E-state index in [1.807, 2.05) is 55.1 Å². The second-order valence-corrected chi connectivity index (χ2v) is 8.43. The number of benzene rings is 2. The molecule has 1 aromatic heterocycles. The number of amides is 2. The SMILES string of the molecule is CCOc1ccc(-c2nc3c(s2)CN(C(=O)Nc2cc(Cl)ccc2C)CC3)cc1. The summed E-state index contributed by atoms with van der Waals surface area (Å²) in [5.74, 6) is 0.858. The maximum Gasteiger partial charge on any atom is 0.322 e. The molecule has 0 atom stereocenters. The zero-order chi connectivity index (χ0) is 20.4. The van der Waals surface area contributed by atoms with Crippen molar-refractivity contribution in [2.24, 2.45) is 0 Å². The molecule has 0 saturated heterocycles. The second kappa shape index (κ2) is 8.43. The number of fused-ring (bicyclic) bond motifs is 1. The number of carbonyl (C=O) groups is 1. The first-order valence-corrected chi connectivity index (χ1v) is 10.8. The first-order valence-electron chi connectivity index (χ1n) is 9.57. The highest BCUT2D eigenvalue weighted by atomic mass is 35.5. The van der Waals surface area contributed by atoms with Crippen molar-refractivity contribution < 1.29 is 9.53 Å². The number of aromatic nitrogens is 1. The summed E-state index contributed by atoms with van der Waals surface area (Å²) in [6.45, 7) is 5.78. The fourth-order valence-electron chi connectivity index (χ4n) is 3.28. The molecule has 0 radical (unpaired) electrons. The number of halogens is 1. The molecule has 3 aromatic rings. The Hall–Kier alpha value is -2.57. The van der Waals surface area contributed by atoms with Crippen LogP contribution < -0.4 is 10.1 Å². The maximum atomic E-state index is 12.8. The fourth-order valence-corrected chi connectivity index (χ4v) is 4.58. The molecule has 0 aliphatic carbocycles. The number of ether oxygens (including phenoxy) is 1. The monoisotopic (exact) mass is 427 g/mol. The van der Waals surface area contributed by atoms with Gasteiger partial charge >= 0.3 is 6.03 Å². The minimum atomic E-state index is -0.114. The fraction of sp³-hybridized carbons (Fsp3) is 0.273. The van der Waals surface area contributed by atoms with E-state index in [0.29, 0.717) is 24.7 Å². The number of urea groups is 1. The molecular weight excluding hydrogens is 406 g/mol. The molecule has 0 unspecified atom stereocenters. The van der Waals surface area contributed by atoms with Crippen molar-refractivity contribution in [1.82, 2.24) is 9.88 Å². The molecule has 1 N–H and O–H groups in total. The third kappa shape index (κ3) is 4.38. The molecule has 0 fully saturated rings. The second-order valence-electron chi connectivity index (χ2n) is 6.91. The lowest BCUT2D eigenvalue weighted by atomic mass is 10.1. The summed E-state index contributed by atoms with van der Waals surface area (Å²) < 4.78 is 5.51. The molecule has 4 rings (SSSR count). The molecule has 2 amide bonds. The molecule has 0 bridgehead atoms. The molecule has 150 valence electrons. The van der Waals surface area contributed by atoms with Crippen LogP contribution in [0.1, 0.15) is 23.1 Å². The lowest BCUT2D eigenvalue weighted by Gasteiger charge is -2.26. The Morgan fingerprint density at radius 3 is 2.83 bits per heavy atom. The smallest absolute Gasteiger partial charge is 0.322 e. The van der Waals surface area contributed by atoms with E-state index in [1.54, 1.807) is 17.4 Å². The molecule has 29 heavy (non-hydrogen) atoms. The summed E-state index contributed by atoms with van der Waals surface area (Å²) in [5.41, 5.74) is 3.88. The summed E-state index contributed by atoms with van der Waals surface area (Å²) in [6, 6.07) is 13.4. The van der Waals surface area contributed by atoms with Gasteiger partial charge in [0.25, 0.3) is 0 Å². The van der Waals surface area contributed by atoms with Crippen molar-refractivity contribution in [2.75, 3.05) is 18.5 Å². The van der Waals surface area contributed by atoms with E-state index in [-0.39, 0.29) is 6.03 Å². The molecule has 5 nitrogen and oxygen atoms in total. The van der Waals surface area contributed by atoms with E-state index in [2.05, 4.69) is 5.32 Å². The standard InChI is InChI=1S/C22H22ClN3O2S/c1-3-28-17-8-5-15(6-9-17)21-24-18-10-11-26(13-20(18)29-21)22(27)25-19-12-16(23)7-4-14(19)2/h4-9,12H,3,10-11,13H2,1-2H3,(H,25,27). The van der Waals surface area contributed by atoms with Crippen LogP contribution in [-0.2, 0) is 13.0 Å². The Kier molecular flexibility index (Phi) is 5.74. The molecule has 7 heteroatoms. The minimum absolute atomic E-state index is 0.114. The zero-order valence-electron chi connectivity index (χ0n) is 16.4. The summed E-state index contributed by atoms with van der Waals surface area (Å²) in [5, 5.41) is 4.56. The van der Waals surface area contributed by atoms with Crippen LogP contribution in [0.5, 0.6) is 5.75 Å². The molecule has 1 aliphatic rings. The predicted molar refractivity (Wildman–Crippen MR) is 118 cm³/mol. The van der Waals surface area contributed by atoms with E-state index in [9.17, 15) is 4.79 Å². The number of anilines is 1. The molecule has 2 aromatic carbocycles. The summed E-state index contributed by atoms with van der Waals surface area (Å²) in [4.78, 5) is 20.5. The van der Waals surface area contributed by atoms with Crippen molar-refractivity contribution in [3.63, 3.8) is 0 Å². The van der Waals surface area contributed by atoms with Gasteiger partial charge in [-0.25, -0.2) is 9.78 Å². The van der Waals surface area contributed by atoms with E-state index >= 15 is 0 Å².